The average Bonchev–Trinajstić information content (AvgIpc) is 3.22. The number of carbonyl (C=O) groups excluding carboxylic acids is 2. The number of pyridine rings is 1. The van der Waals surface area contributed by atoms with Gasteiger partial charge in [-0.25, -0.2) is 9.37 Å². The van der Waals surface area contributed by atoms with Gasteiger partial charge in [0.1, 0.15) is 23.2 Å². The van der Waals surface area contributed by atoms with Crippen LogP contribution in [0, 0.1) is 23.2 Å². The molecule has 2 bridgehead atoms. The molecule has 3 aliphatic carbocycles. The number of imidazole rings is 1. The van der Waals surface area contributed by atoms with Gasteiger partial charge in [0, 0.05) is 25.8 Å². The van der Waals surface area contributed by atoms with E-state index in [4.69, 9.17) is 0 Å². The SMILES string of the molecule is CC1(C)[C@H]2CC[C@@H](CNC(=O)c3cccc4nc(C(=O)N5CCC(F)CC5)cn34)[C@@H]1C2. The van der Waals surface area contributed by atoms with Crippen LogP contribution >= 0.6 is 0 Å². The predicted molar refractivity (Wildman–Crippen MR) is 116 cm³/mol. The first-order valence-electron chi connectivity index (χ1n) is 11.5. The quantitative estimate of drug-likeness (QED) is 0.811. The number of amides is 2. The first-order chi connectivity index (χ1) is 14.8. The number of piperidine rings is 1. The minimum atomic E-state index is -0.832. The zero-order valence-corrected chi connectivity index (χ0v) is 18.3. The maximum absolute atomic E-state index is 13.4. The van der Waals surface area contributed by atoms with Crippen molar-refractivity contribution in [2.24, 2.45) is 23.2 Å². The number of likely N-dealkylation sites (tertiary alicyclic amines) is 1. The van der Waals surface area contributed by atoms with Crippen LogP contribution in [0.1, 0.15) is 66.9 Å². The van der Waals surface area contributed by atoms with Crippen LogP contribution in [0.3, 0.4) is 0 Å². The molecule has 0 radical (unpaired) electrons. The lowest BCUT2D eigenvalue weighted by Gasteiger charge is -2.60. The summed E-state index contributed by atoms with van der Waals surface area (Å²) in [6, 6.07) is 5.34. The zero-order valence-electron chi connectivity index (χ0n) is 18.3. The summed E-state index contributed by atoms with van der Waals surface area (Å²) in [5.74, 6) is 1.72. The van der Waals surface area contributed by atoms with Gasteiger partial charge in [-0.2, -0.15) is 0 Å². The molecule has 31 heavy (non-hydrogen) atoms. The van der Waals surface area contributed by atoms with Gasteiger partial charge in [0.2, 0.25) is 0 Å². The highest BCUT2D eigenvalue weighted by Crippen LogP contribution is 2.61. The van der Waals surface area contributed by atoms with Crippen LogP contribution in [0.2, 0.25) is 0 Å². The van der Waals surface area contributed by atoms with Crippen molar-refractivity contribution < 1.29 is 14.0 Å². The van der Waals surface area contributed by atoms with Crippen LogP contribution in [0.5, 0.6) is 0 Å². The van der Waals surface area contributed by atoms with Gasteiger partial charge in [0.25, 0.3) is 11.8 Å². The number of nitrogens with zero attached hydrogens (tertiary/aromatic N) is 3. The Morgan fingerprint density at radius 3 is 2.68 bits per heavy atom. The molecule has 0 spiro atoms. The molecule has 2 aromatic rings. The molecule has 0 aromatic carbocycles. The molecule has 3 saturated carbocycles. The van der Waals surface area contributed by atoms with Crippen LogP contribution in [0.25, 0.3) is 5.65 Å². The summed E-state index contributed by atoms with van der Waals surface area (Å²) in [5.41, 5.74) is 1.74. The van der Waals surface area contributed by atoms with Crippen molar-refractivity contribution in [1.82, 2.24) is 19.6 Å². The Morgan fingerprint density at radius 1 is 1.19 bits per heavy atom. The third kappa shape index (κ3) is 3.52. The minimum absolute atomic E-state index is 0.139. The van der Waals surface area contributed by atoms with E-state index in [2.05, 4.69) is 24.1 Å². The van der Waals surface area contributed by atoms with Gasteiger partial charge in [-0.1, -0.05) is 19.9 Å². The van der Waals surface area contributed by atoms with Crippen LogP contribution in [-0.4, -0.2) is 51.9 Å². The largest absolute Gasteiger partial charge is 0.350 e. The lowest BCUT2D eigenvalue weighted by molar-refractivity contribution is -0.103. The second kappa shape index (κ2) is 7.61. The number of nitrogens with one attached hydrogen (secondary N) is 1. The van der Waals surface area contributed by atoms with Gasteiger partial charge in [-0.15, -0.1) is 0 Å². The number of hydrogen-bond donors (Lipinski definition) is 1. The maximum Gasteiger partial charge on any atom is 0.274 e. The lowest BCUT2D eigenvalue weighted by Crippen LogP contribution is -2.54. The van der Waals surface area contributed by atoms with Crippen molar-refractivity contribution in [3.63, 3.8) is 0 Å². The molecule has 1 aliphatic heterocycles. The van der Waals surface area contributed by atoms with E-state index in [1.165, 1.54) is 19.3 Å². The van der Waals surface area contributed by atoms with Crippen molar-refractivity contribution >= 4 is 17.5 Å². The summed E-state index contributed by atoms with van der Waals surface area (Å²) < 4.78 is 15.1. The van der Waals surface area contributed by atoms with Gasteiger partial charge >= 0.3 is 0 Å². The van der Waals surface area contributed by atoms with Gasteiger partial charge < -0.3 is 10.2 Å². The fourth-order valence-corrected chi connectivity index (χ4v) is 6.03. The van der Waals surface area contributed by atoms with Crippen molar-refractivity contribution in [2.45, 2.75) is 52.1 Å². The molecule has 2 aromatic heterocycles. The Balaban J connectivity index is 1.29. The molecule has 166 valence electrons. The molecule has 2 amide bonds. The number of aromatic nitrogens is 2. The lowest BCUT2D eigenvalue weighted by atomic mass is 9.45. The maximum atomic E-state index is 13.4. The Hall–Kier alpha value is -2.44. The Bertz CT molecular complexity index is 1010. The Kier molecular flexibility index (Phi) is 5.02. The molecule has 4 aliphatic rings. The predicted octanol–water partition coefficient (Wildman–Crippen LogP) is 3.71. The van der Waals surface area contributed by atoms with Crippen LogP contribution in [-0.2, 0) is 0 Å². The summed E-state index contributed by atoms with van der Waals surface area (Å²) in [6.07, 6.45) is 5.26. The zero-order chi connectivity index (χ0) is 21.8. The van der Waals surface area contributed by atoms with E-state index in [1.807, 2.05) is 0 Å². The van der Waals surface area contributed by atoms with E-state index in [0.29, 0.717) is 66.8 Å². The molecule has 6 nitrogen and oxygen atoms in total. The number of alkyl halides is 1. The number of fused-ring (bicyclic) bond motifs is 3. The van der Waals surface area contributed by atoms with Crippen molar-refractivity contribution in [3.05, 3.63) is 35.8 Å². The summed E-state index contributed by atoms with van der Waals surface area (Å²) >= 11 is 0. The third-order valence-electron chi connectivity index (χ3n) is 8.18. The molecule has 3 heterocycles. The smallest absolute Gasteiger partial charge is 0.274 e. The van der Waals surface area contributed by atoms with Crippen LogP contribution < -0.4 is 5.32 Å². The third-order valence-corrected chi connectivity index (χ3v) is 8.18. The number of hydrogen-bond acceptors (Lipinski definition) is 3. The molecular formula is C24H31FN4O2. The first-order valence-corrected chi connectivity index (χ1v) is 11.5. The van der Waals surface area contributed by atoms with E-state index in [1.54, 1.807) is 33.7 Å². The summed E-state index contributed by atoms with van der Waals surface area (Å²) in [6.45, 7) is 6.22. The molecule has 1 N–H and O–H groups in total. The molecule has 1 saturated heterocycles. The number of rotatable bonds is 4. The van der Waals surface area contributed by atoms with Crippen molar-refractivity contribution in [2.75, 3.05) is 19.6 Å². The van der Waals surface area contributed by atoms with Crippen molar-refractivity contribution in [1.29, 1.82) is 0 Å². The second-order valence-electron chi connectivity index (χ2n) is 10.1. The second-order valence-corrected chi connectivity index (χ2v) is 10.1. The van der Waals surface area contributed by atoms with E-state index in [9.17, 15) is 14.0 Å². The Labute approximate surface area is 182 Å². The van der Waals surface area contributed by atoms with E-state index in [-0.39, 0.29) is 11.8 Å². The van der Waals surface area contributed by atoms with Crippen LogP contribution in [0.4, 0.5) is 4.39 Å². The fraction of sp³-hybridized carbons (Fsp3) is 0.625. The fourth-order valence-electron chi connectivity index (χ4n) is 6.03. The standard InChI is InChI=1S/C24H31FN4O2/c1-24(2)16-7-6-15(18(24)12-16)13-26-22(30)20-4-3-5-21-27-19(14-29(20)21)23(31)28-10-8-17(25)9-11-28/h3-5,14-18H,6-13H2,1-2H3,(H,26,30)/t15-,16-,18-/m0/s1. The van der Waals surface area contributed by atoms with Gasteiger partial charge in [-0.05, 0) is 67.4 Å². The summed E-state index contributed by atoms with van der Waals surface area (Å²) in [5, 5.41) is 3.14. The topological polar surface area (TPSA) is 66.7 Å². The van der Waals surface area contributed by atoms with Crippen molar-refractivity contribution in [3.8, 4) is 0 Å². The van der Waals surface area contributed by atoms with E-state index >= 15 is 0 Å². The Morgan fingerprint density at radius 2 is 1.97 bits per heavy atom. The number of carbonyl (C=O) groups is 2. The molecule has 7 heteroatoms. The highest BCUT2D eigenvalue weighted by atomic mass is 19.1. The molecule has 6 rings (SSSR count). The first kappa shape index (κ1) is 20.5. The van der Waals surface area contributed by atoms with E-state index < -0.39 is 6.17 Å². The van der Waals surface area contributed by atoms with E-state index in [0.717, 1.165) is 5.92 Å². The summed E-state index contributed by atoms with van der Waals surface area (Å²) in [4.78, 5) is 31.9. The van der Waals surface area contributed by atoms with Crippen LogP contribution in [0.15, 0.2) is 24.4 Å². The van der Waals surface area contributed by atoms with Gasteiger partial charge in [-0.3, -0.25) is 14.0 Å². The normalized spacial score (nSPS) is 27.7. The number of halogens is 1. The monoisotopic (exact) mass is 426 g/mol. The minimum Gasteiger partial charge on any atom is -0.350 e. The molecule has 0 unspecified atom stereocenters. The molecule has 3 atom stereocenters. The highest BCUT2D eigenvalue weighted by molar-refractivity contribution is 5.95. The molecule has 4 fully saturated rings. The molecular weight excluding hydrogens is 395 g/mol. The average molecular weight is 427 g/mol. The van der Waals surface area contributed by atoms with Gasteiger partial charge in [0.05, 0.1) is 0 Å². The van der Waals surface area contributed by atoms with Gasteiger partial charge in [0.15, 0.2) is 0 Å². The summed E-state index contributed by atoms with van der Waals surface area (Å²) in [7, 11) is 0. The highest BCUT2D eigenvalue weighted by Gasteiger charge is 2.53.